The number of amides is 3. The maximum Gasteiger partial charge on any atom is 0.337 e. The van der Waals surface area contributed by atoms with Crippen molar-refractivity contribution >= 4 is 29.4 Å². The molecule has 3 amide bonds. The molecule has 1 heterocycles. The number of fused-ring (bicyclic) bond motifs is 1. The van der Waals surface area contributed by atoms with Gasteiger partial charge in [-0.25, -0.2) is 4.79 Å². The quantitative estimate of drug-likeness (QED) is 0.600. The molecule has 29 heavy (non-hydrogen) atoms. The molecule has 2 aromatic carbocycles. The van der Waals surface area contributed by atoms with Crippen LogP contribution in [0.2, 0.25) is 0 Å². The van der Waals surface area contributed by atoms with Gasteiger partial charge in [0.1, 0.15) is 6.04 Å². The standard InChI is InChI=1S/C22H22N2O5/c1-4-13(2)18(24-20(26)16-7-5-6-8-17(16)21(24)27)19(25)23-15-11-9-14(10-12-15)22(28)29-3/h5-13,18H,4H2,1-3H3,(H,23,25)/t13-,18+/m0/s1. The average molecular weight is 394 g/mol. The Hall–Kier alpha value is -3.48. The van der Waals surface area contributed by atoms with E-state index in [-0.39, 0.29) is 5.92 Å². The van der Waals surface area contributed by atoms with E-state index >= 15 is 0 Å². The highest BCUT2D eigenvalue weighted by molar-refractivity contribution is 6.23. The molecular weight excluding hydrogens is 372 g/mol. The van der Waals surface area contributed by atoms with Crippen LogP contribution in [0.25, 0.3) is 0 Å². The van der Waals surface area contributed by atoms with Gasteiger partial charge < -0.3 is 10.1 Å². The van der Waals surface area contributed by atoms with Crippen molar-refractivity contribution in [2.24, 2.45) is 5.92 Å². The van der Waals surface area contributed by atoms with E-state index in [4.69, 9.17) is 0 Å². The minimum atomic E-state index is -0.951. The van der Waals surface area contributed by atoms with Crippen LogP contribution in [-0.2, 0) is 9.53 Å². The Kier molecular flexibility index (Phi) is 5.77. The number of anilines is 1. The molecule has 0 saturated carbocycles. The van der Waals surface area contributed by atoms with Gasteiger partial charge in [0.15, 0.2) is 0 Å². The minimum Gasteiger partial charge on any atom is -0.465 e. The lowest BCUT2D eigenvalue weighted by atomic mass is 9.96. The van der Waals surface area contributed by atoms with Crippen LogP contribution in [0.1, 0.15) is 51.3 Å². The van der Waals surface area contributed by atoms with Crippen molar-refractivity contribution in [3.63, 3.8) is 0 Å². The highest BCUT2D eigenvalue weighted by Crippen LogP contribution is 2.29. The van der Waals surface area contributed by atoms with Crippen LogP contribution in [0.3, 0.4) is 0 Å². The molecule has 0 fully saturated rings. The Balaban J connectivity index is 1.86. The number of nitrogens with one attached hydrogen (secondary N) is 1. The van der Waals surface area contributed by atoms with Gasteiger partial charge >= 0.3 is 5.97 Å². The molecule has 3 rings (SSSR count). The second-order valence-corrected chi connectivity index (χ2v) is 6.91. The smallest absolute Gasteiger partial charge is 0.337 e. The fourth-order valence-corrected chi connectivity index (χ4v) is 3.34. The normalized spacial score (nSPS) is 14.9. The van der Waals surface area contributed by atoms with Gasteiger partial charge in [-0.3, -0.25) is 19.3 Å². The Morgan fingerprint density at radius 1 is 1.00 bits per heavy atom. The number of carbonyl (C=O) groups is 4. The summed E-state index contributed by atoms with van der Waals surface area (Å²) in [5.41, 5.74) is 1.42. The fraction of sp³-hybridized carbons (Fsp3) is 0.273. The molecule has 1 aliphatic heterocycles. The van der Waals surface area contributed by atoms with E-state index in [9.17, 15) is 19.2 Å². The summed E-state index contributed by atoms with van der Waals surface area (Å²) >= 11 is 0. The molecule has 1 N–H and O–H groups in total. The van der Waals surface area contributed by atoms with E-state index in [1.807, 2.05) is 13.8 Å². The second-order valence-electron chi connectivity index (χ2n) is 6.91. The summed E-state index contributed by atoms with van der Waals surface area (Å²) in [6, 6.07) is 11.8. The van der Waals surface area contributed by atoms with Gasteiger partial charge in [0.25, 0.3) is 11.8 Å². The average Bonchev–Trinajstić information content (AvgIpc) is 2.99. The number of rotatable bonds is 6. The molecule has 7 heteroatoms. The molecule has 0 saturated heterocycles. The maximum atomic E-state index is 13.1. The molecule has 7 nitrogen and oxygen atoms in total. The first kappa shape index (κ1) is 20.3. The molecule has 2 atom stereocenters. The van der Waals surface area contributed by atoms with Gasteiger partial charge in [0, 0.05) is 5.69 Å². The third-order valence-corrected chi connectivity index (χ3v) is 5.13. The molecule has 1 aliphatic rings. The third-order valence-electron chi connectivity index (χ3n) is 5.13. The van der Waals surface area contributed by atoms with Crippen molar-refractivity contribution in [1.82, 2.24) is 4.90 Å². The number of nitrogens with zero attached hydrogens (tertiary/aromatic N) is 1. The molecule has 0 radical (unpaired) electrons. The number of imide groups is 1. The van der Waals surface area contributed by atoms with Crippen molar-refractivity contribution in [3.8, 4) is 0 Å². The maximum absolute atomic E-state index is 13.1. The molecule has 0 unspecified atom stereocenters. The van der Waals surface area contributed by atoms with Gasteiger partial charge in [-0.15, -0.1) is 0 Å². The van der Waals surface area contributed by atoms with Gasteiger partial charge in [0.05, 0.1) is 23.8 Å². The summed E-state index contributed by atoms with van der Waals surface area (Å²) in [6.07, 6.45) is 0.604. The Bertz CT molecular complexity index is 932. The largest absolute Gasteiger partial charge is 0.465 e. The molecule has 150 valence electrons. The van der Waals surface area contributed by atoms with Crippen molar-refractivity contribution in [3.05, 3.63) is 65.2 Å². The summed E-state index contributed by atoms with van der Waals surface area (Å²) in [6.45, 7) is 3.72. The van der Waals surface area contributed by atoms with Gasteiger partial charge in [-0.2, -0.15) is 0 Å². The Morgan fingerprint density at radius 3 is 2.03 bits per heavy atom. The fourth-order valence-electron chi connectivity index (χ4n) is 3.34. The van der Waals surface area contributed by atoms with Crippen LogP contribution in [0.15, 0.2) is 48.5 Å². The van der Waals surface area contributed by atoms with Gasteiger partial charge in [-0.1, -0.05) is 32.4 Å². The van der Waals surface area contributed by atoms with Crippen molar-refractivity contribution in [1.29, 1.82) is 0 Å². The number of benzene rings is 2. The van der Waals surface area contributed by atoms with Crippen LogP contribution in [0.4, 0.5) is 5.69 Å². The van der Waals surface area contributed by atoms with Crippen molar-refractivity contribution in [2.45, 2.75) is 26.3 Å². The monoisotopic (exact) mass is 394 g/mol. The summed E-state index contributed by atoms with van der Waals surface area (Å²) in [7, 11) is 1.29. The zero-order chi connectivity index (χ0) is 21.1. The number of hydrogen-bond acceptors (Lipinski definition) is 5. The molecule has 2 aromatic rings. The van der Waals surface area contributed by atoms with E-state index in [2.05, 4.69) is 10.1 Å². The molecule has 0 aliphatic carbocycles. The Labute approximate surface area is 168 Å². The topological polar surface area (TPSA) is 92.8 Å². The highest BCUT2D eigenvalue weighted by atomic mass is 16.5. The number of methoxy groups -OCH3 is 1. The lowest BCUT2D eigenvalue weighted by Gasteiger charge is -2.29. The highest BCUT2D eigenvalue weighted by Gasteiger charge is 2.44. The number of ether oxygens (including phenoxy) is 1. The zero-order valence-corrected chi connectivity index (χ0v) is 16.5. The first-order chi connectivity index (χ1) is 13.9. The molecular formula is C22H22N2O5. The van der Waals surface area contributed by atoms with Crippen LogP contribution < -0.4 is 5.32 Å². The summed E-state index contributed by atoms with van der Waals surface area (Å²) < 4.78 is 4.66. The number of carbonyl (C=O) groups excluding carboxylic acids is 4. The van der Waals surface area contributed by atoms with E-state index in [0.29, 0.717) is 28.8 Å². The van der Waals surface area contributed by atoms with Crippen molar-refractivity contribution < 1.29 is 23.9 Å². The molecule has 0 aromatic heterocycles. The summed E-state index contributed by atoms with van der Waals surface area (Å²) in [5, 5.41) is 2.75. The first-order valence-electron chi connectivity index (χ1n) is 9.35. The van der Waals surface area contributed by atoms with Gasteiger partial charge in [-0.05, 0) is 42.3 Å². The third kappa shape index (κ3) is 3.76. The van der Waals surface area contributed by atoms with Crippen LogP contribution in [-0.4, -0.2) is 41.7 Å². The first-order valence-corrected chi connectivity index (χ1v) is 9.35. The lowest BCUT2D eigenvalue weighted by Crippen LogP contribution is -2.50. The molecule has 0 spiro atoms. The predicted octanol–water partition coefficient (Wildman–Crippen LogP) is 3.12. The van der Waals surface area contributed by atoms with Crippen molar-refractivity contribution in [2.75, 3.05) is 12.4 Å². The zero-order valence-electron chi connectivity index (χ0n) is 16.5. The van der Waals surface area contributed by atoms with E-state index < -0.39 is 29.7 Å². The minimum absolute atomic E-state index is 0.244. The van der Waals surface area contributed by atoms with Crippen LogP contribution in [0.5, 0.6) is 0 Å². The van der Waals surface area contributed by atoms with E-state index in [1.54, 1.807) is 36.4 Å². The number of esters is 1. The summed E-state index contributed by atoms with van der Waals surface area (Å²) in [5.74, 6) is -2.11. The molecule has 0 bridgehead atoms. The Morgan fingerprint density at radius 2 is 1.55 bits per heavy atom. The predicted molar refractivity (Wildman–Crippen MR) is 107 cm³/mol. The van der Waals surface area contributed by atoms with Crippen LogP contribution >= 0.6 is 0 Å². The summed E-state index contributed by atoms with van der Waals surface area (Å²) in [4.78, 5) is 51.4. The van der Waals surface area contributed by atoms with Gasteiger partial charge in [0.2, 0.25) is 5.91 Å². The van der Waals surface area contributed by atoms with Crippen LogP contribution in [0, 0.1) is 5.92 Å². The van der Waals surface area contributed by atoms with E-state index in [0.717, 1.165) is 4.90 Å². The number of hydrogen-bond donors (Lipinski definition) is 1. The van der Waals surface area contributed by atoms with E-state index in [1.165, 1.54) is 19.2 Å². The SMILES string of the molecule is CC[C@H](C)[C@H](C(=O)Nc1ccc(C(=O)OC)cc1)N1C(=O)c2ccccc2C1=O. The second kappa shape index (κ2) is 8.26. The lowest BCUT2D eigenvalue weighted by molar-refractivity contribution is -0.121.